The fraction of sp³-hybridized carbons (Fsp3) is 0.357. The predicted octanol–water partition coefficient (Wildman–Crippen LogP) is 1.50. The van der Waals surface area contributed by atoms with E-state index in [0.29, 0.717) is 30.7 Å². The summed E-state index contributed by atoms with van der Waals surface area (Å²) in [7, 11) is 0. The Morgan fingerprint density at radius 1 is 1.35 bits per heavy atom. The van der Waals surface area contributed by atoms with Crippen LogP contribution in [-0.4, -0.2) is 44.9 Å². The van der Waals surface area contributed by atoms with E-state index >= 15 is 0 Å². The Bertz CT molecular complexity index is 664. The van der Waals surface area contributed by atoms with Crippen LogP contribution in [0.15, 0.2) is 24.4 Å². The van der Waals surface area contributed by atoms with Crippen molar-refractivity contribution in [1.82, 2.24) is 14.9 Å². The minimum Gasteiger partial charge on any atom is -0.481 e. The van der Waals surface area contributed by atoms with Gasteiger partial charge in [-0.3, -0.25) is 9.59 Å². The molecule has 2 aromatic rings. The van der Waals surface area contributed by atoms with Gasteiger partial charge in [-0.05, 0) is 31.0 Å². The third-order valence-corrected chi connectivity index (χ3v) is 3.69. The summed E-state index contributed by atoms with van der Waals surface area (Å²) < 4.78 is 0. The lowest BCUT2D eigenvalue weighted by atomic mass is 9.98. The van der Waals surface area contributed by atoms with Crippen molar-refractivity contribution >= 4 is 22.9 Å². The van der Waals surface area contributed by atoms with Gasteiger partial charge in [-0.2, -0.15) is 0 Å². The van der Waals surface area contributed by atoms with Gasteiger partial charge in [0.1, 0.15) is 11.3 Å². The first-order valence-electron chi connectivity index (χ1n) is 6.61. The fourth-order valence-corrected chi connectivity index (χ4v) is 2.57. The number of pyridine rings is 1. The highest BCUT2D eigenvalue weighted by molar-refractivity contribution is 5.94. The van der Waals surface area contributed by atoms with Crippen LogP contribution in [0.25, 0.3) is 11.0 Å². The van der Waals surface area contributed by atoms with Crippen LogP contribution >= 0.6 is 0 Å². The van der Waals surface area contributed by atoms with E-state index in [0.717, 1.165) is 5.39 Å². The van der Waals surface area contributed by atoms with E-state index in [4.69, 9.17) is 5.11 Å². The van der Waals surface area contributed by atoms with Gasteiger partial charge in [0.25, 0.3) is 5.91 Å². The number of carbonyl (C=O) groups is 2. The molecule has 0 aliphatic carbocycles. The van der Waals surface area contributed by atoms with E-state index in [1.54, 1.807) is 17.2 Å². The fourth-order valence-electron chi connectivity index (χ4n) is 2.57. The van der Waals surface area contributed by atoms with Gasteiger partial charge in [-0.1, -0.05) is 0 Å². The summed E-state index contributed by atoms with van der Waals surface area (Å²) in [6.07, 6.45) is 3.11. The number of carboxylic acids is 1. The molecule has 0 bridgehead atoms. The Kier molecular flexibility index (Phi) is 3.14. The number of hydrogen-bond acceptors (Lipinski definition) is 3. The highest BCUT2D eigenvalue weighted by atomic mass is 16.4. The van der Waals surface area contributed by atoms with Crippen molar-refractivity contribution in [2.24, 2.45) is 5.92 Å². The molecule has 1 amide bonds. The zero-order valence-corrected chi connectivity index (χ0v) is 10.9. The van der Waals surface area contributed by atoms with Gasteiger partial charge < -0.3 is 15.0 Å². The molecule has 0 aromatic carbocycles. The smallest absolute Gasteiger partial charge is 0.308 e. The van der Waals surface area contributed by atoms with Crippen molar-refractivity contribution < 1.29 is 14.7 Å². The lowest BCUT2D eigenvalue weighted by molar-refractivity contribution is -0.143. The molecule has 104 valence electrons. The summed E-state index contributed by atoms with van der Waals surface area (Å²) in [5.74, 6) is -1.51. The minimum atomic E-state index is -0.838. The molecule has 0 spiro atoms. The van der Waals surface area contributed by atoms with E-state index in [9.17, 15) is 9.59 Å². The highest BCUT2D eigenvalue weighted by Crippen LogP contribution is 2.19. The first-order valence-corrected chi connectivity index (χ1v) is 6.61. The van der Waals surface area contributed by atoms with Gasteiger partial charge in [-0.25, -0.2) is 4.98 Å². The molecule has 2 N–H and O–H groups in total. The van der Waals surface area contributed by atoms with Crippen LogP contribution in [0.2, 0.25) is 0 Å². The quantitative estimate of drug-likeness (QED) is 0.868. The first-order chi connectivity index (χ1) is 9.65. The minimum absolute atomic E-state index is 0.201. The number of carboxylic acid groups (broad SMARTS) is 1. The van der Waals surface area contributed by atoms with Crippen LogP contribution in [0.4, 0.5) is 0 Å². The number of carbonyl (C=O) groups excluding carboxylic acids is 1. The Morgan fingerprint density at radius 3 is 3.00 bits per heavy atom. The molecule has 1 unspecified atom stereocenters. The standard InChI is InChI=1S/C14H15N3O3/c18-13(17-7-1-2-10(8-17)14(19)20)11-4-3-9-5-6-15-12(9)16-11/h3-6,10H,1-2,7-8H2,(H,15,16)(H,19,20). The van der Waals surface area contributed by atoms with Crippen molar-refractivity contribution in [3.63, 3.8) is 0 Å². The normalized spacial score (nSPS) is 19.2. The molecule has 3 rings (SSSR count). The van der Waals surface area contributed by atoms with Crippen LogP contribution in [0.3, 0.4) is 0 Å². The third kappa shape index (κ3) is 2.24. The molecule has 2 aromatic heterocycles. The molecular weight excluding hydrogens is 258 g/mol. The zero-order chi connectivity index (χ0) is 14.1. The number of nitrogens with one attached hydrogen (secondary N) is 1. The second kappa shape index (κ2) is 4.96. The average Bonchev–Trinajstić information content (AvgIpc) is 2.94. The van der Waals surface area contributed by atoms with Crippen LogP contribution in [0, 0.1) is 5.92 Å². The summed E-state index contributed by atoms with van der Waals surface area (Å²) in [6.45, 7) is 0.853. The lowest BCUT2D eigenvalue weighted by Gasteiger charge is -2.30. The maximum atomic E-state index is 12.4. The number of likely N-dealkylation sites (tertiary alicyclic amines) is 1. The monoisotopic (exact) mass is 273 g/mol. The first kappa shape index (κ1) is 12.7. The molecule has 3 heterocycles. The van der Waals surface area contributed by atoms with Gasteiger partial charge in [0.2, 0.25) is 0 Å². The number of hydrogen-bond donors (Lipinski definition) is 2. The third-order valence-electron chi connectivity index (χ3n) is 3.69. The molecule has 0 radical (unpaired) electrons. The number of piperidine rings is 1. The number of H-pyrrole nitrogens is 1. The maximum absolute atomic E-state index is 12.4. The van der Waals surface area contributed by atoms with E-state index in [2.05, 4.69) is 9.97 Å². The summed E-state index contributed by atoms with van der Waals surface area (Å²) in [6, 6.07) is 5.41. The zero-order valence-electron chi connectivity index (χ0n) is 10.9. The Hall–Kier alpha value is -2.37. The summed E-state index contributed by atoms with van der Waals surface area (Å²) >= 11 is 0. The van der Waals surface area contributed by atoms with Crippen LogP contribution in [0.1, 0.15) is 23.3 Å². The Balaban J connectivity index is 1.82. The number of aromatic amines is 1. The topological polar surface area (TPSA) is 86.3 Å². The SMILES string of the molecule is O=C(O)C1CCCN(C(=O)c2ccc3cc[nH]c3n2)C1. The van der Waals surface area contributed by atoms with Crippen molar-refractivity contribution in [2.75, 3.05) is 13.1 Å². The summed E-state index contributed by atoms with van der Waals surface area (Å²) in [5, 5.41) is 10.0. The summed E-state index contributed by atoms with van der Waals surface area (Å²) in [4.78, 5) is 32.3. The molecule has 6 heteroatoms. The van der Waals surface area contributed by atoms with Crippen molar-refractivity contribution in [3.8, 4) is 0 Å². The lowest BCUT2D eigenvalue weighted by Crippen LogP contribution is -2.42. The van der Waals surface area contributed by atoms with Crippen molar-refractivity contribution in [3.05, 3.63) is 30.1 Å². The van der Waals surface area contributed by atoms with Crippen LogP contribution in [-0.2, 0) is 4.79 Å². The molecule has 20 heavy (non-hydrogen) atoms. The number of amides is 1. The van der Waals surface area contributed by atoms with Crippen LogP contribution in [0.5, 0.6) is 0 Å². The molecule has 6 nitrogen and oxygen atoms in total. The van der Waals surface area contributed by atoms with Gasteiger partial charge in [-0.15, -0.1) is 0 Å². The van der Waals surface area contributed by atoms with E-state index in [1.807, 2.05) is 12.1 Å². The van der Waals surface area contributed by atoms with Gasteiger partial charge >= 0.3 is 5.97 Å². The van der Waals surface area contributed by atoms with E-state index in [-0.39, 0.29) is 12.5 Å². The maximum Gasteiger partial charge on any atom is 0.308 e. The molecule has 1 saturated heterocycles. The second-order valence-corrected chi connectivity index (χ2v) is 5.04. The van der Waals surface area contributed by atoms with Gasteiger partial charge in [0.05, 0.1) is 5.92 Å². The summed E-state index contributed by atoms with van der Waals surface area (Å²) in [5.41, 5.74) is 1.02. The van der Waals surface area contributed by atoms with Crippen molar-refractivity contribution in [2.45, 2.75) is 12.8 Å². The largest absolute Gasteiger partial charge is 0.481 e. The Morgan fingerprint density at radius 2 is 2.20 bits per heavy atom. The molecular formula is C14H15N3O3. The number of aromatic nitrogens is 2. The number of aliphatic carboxylic acids is 1. The molecule has 1 aliphatic rings. The van der Waals surface area contributed by atoms with E-state index in [1.165, 1.54) is 0 Å². The molecule has 1 atom stereocenters. The molecule has 0 saturated carbocycles. The average molecular weight is 273 g/mol. The van der Waals surface area contributed by atoms with Gasteiger partial charge in [0.15, 0.2) is 0 Å². The highest BCUT2D eigenvalue weighted by Gasteiger charge is 2.29. The molecule has 1 fully saturated rings. The molecule has 1 aliphatic heterocycles. The van der Waals surface area contributed by atoms with E-state index < -0.39 is 11.9 Å². The Labute approximate surface area is 115 Å². The number of rotatable bonds is 2. The van der Waals surface area contributed by atoms with Gasteiger partial charge in [0, 0.05) is 24.7 Å². The van der Waals surface area contributed by atoms with Crippen LogP contribution < -0.4 is 0 Å². The number of nitrogens with zero attached hydrogens (tertiary/aromatic N) is 2. The van der Waals surface area contributed by atoms with Crippen molar-refractivity contribution in [1.29, 1.82) is 0 Å². The number of fused-ring (bicyclic) bond motifs is 1. The second-order valence-electron chi connectivity index (χ2n) is 5.04. The predicted molar refractivity (Wildman–Crippen MR) is 72.4 cm³/mol.